The lowest BCUT2D eigenvalue weighted by molar-refractivity contribution is -0.117. The number of carbonyl (C=O) groups excluding carboxylic acids is 2. The minimum absolute atomic E-state index is 0.212. The fourth-order valence-electron chi connectivity index (χ4n) is 0.833. The van der Waals surface area contributed by atoms with Crippen LogP contribution in [-0.4, -0.2) is 17.7 Å². The van der Waals surface area contributed by atoms with Crippen molar-refractivity contribution in [3.63, 3.8) is 0 Å². The van der Waals surface area contributed by atoms with E-state index >= 15 is 0 Å². The smallest absolute Gasteiger partial charge is 0.257 e. The van der Waals surface area contributed by atoms with E-state index in [1.54, 1.807) is 24.3 Å². The number of imide groups is 1. The van der Waals surface area contributed by atoms with Gasteiger partial charge in [-0.25, -0.2) is 0 Å². The van der Waals surface area contributed by atoms with Gasteiger partial charge in [-0.15, -0.1) is 11.6 Å². The van der Waals surface area contributed by atoms with Crippen LogP contribution in [0.2, 0.25) is 0 Å². The van der Waals surface area contributed by atoms with Gasteiger partial charge in [0.25, 0.3) is 5.91 Å². The second kappa shape index (κ2) is 5.31. The lowest BCUT2D eigenvalue weighted by Gasteiger charge is -2.01. The molecule has 0 radical (unpaired) electrons. The number of carbonyl (C=O) groups is 2. The molecule has 1 rings (SSSR count). The zero-order valence-corrected chi connectivity index (χ0v) is 10.0. The maximum Gasteiger partial charge on any atom is 0.257 e. The molecular weight excluding hydrogens is 316 g/mol. The second-order valence-corrected chi connectivity index (χ2v) is 4.03. The first-order valence-corrected chi connectivity index (χ1v) is 5.40. The summed E-state index contributed by atoms with van der Waals surface area (Å²) in [5.74, 6) is -1.13. The van der Waals surface area contributed by atoms with Crippen LogP contribution in [0, 0.1) is 3.57 Å². The van der Waals surface area contributed by atoms with Gasteiger partial charge in [0.2, 0.25) is 5.91 Å². The summed E-state index contributed by atoms with van der Waals surface area (Å²) in [5.41, 5.74) is 0.448. The number of rotatable bonds is 2. The van der Waals surface area contributed by atoms with Crippen molar-refractivity contribution < 1.29 is 9.59 Å². The molecule has 2 amide bonds. The monoisotopic (exact) mass is 323 g/mol. The summed E-state index contributed by atoms with van der Waals surface area (Å²) < 4.78 is 1.03. The molecule has 0 heterocycles. The molecule has 0 aliphatic rings. The quantitative estimate of drug-likeness (QED) is 0.666. The van der Waals surface area contributed by atoms with Gasteiger partial charge in [0.1, 0.15) is 5.88 Å². The second-order valence-electron chi connectivity index (χ2n) is 2.52. The van der Waals surface area contributed by atoms with Gasteiger partial charge in [0.05, 0.1) is 0 Å². The van der Waals surface area contributed by atoms with E-state index in [2.05, 4.69) is 27.9 Å². The van der Waals surface area contributed by atoms with Crippen LogP contribution in [0.5, 0.6) is 0 Å². The zero-order chi connectivity index (χ0) is 10.6. The number of hydrogen-bond donors (Lipinski definition) is 1. The standard InChI is InChI=1S/C9H7ClINO2/c10-5-8(13)12-9(14)6-1-3-7(11)4-2-6/h1-4H,5H2,(H,12,13,14). The Balaban J connectivity index is 2.70. The van der Waals surface area contributed by atoms with Crippen molar-refractivity contribution in [2.75, 3.05) is 5.88 Å². The molecule has 0 atom stereocenters. The Morgan fingerprint density at radius 1 is 1.29 bits per heavy atom. The van der Waals surface area contributed by atoms with E-state index in [-0.39, 0.29) is 5.88 Å². The fourth-order valence-corrected chi connectivity index (χ4v) is 1.26. The summed E-state index contributed by atoms with van der Waals surface area (Å²) in [6.45, 7) is 0. The van der Waals surface area contributed by atoms with E-state index in [9.17, 15) is 9.59 Å². The molecule has 14 heavy (non-hydrogen) atoms. The van der Waals surface area contributed by atoms with Gasteiger partial charge in [-0.3, -0.25) is 14.9 Å². The molecule has 1 aromatic carbocycles. The normalized spacial score (nSPS) is 9.57. The molecule has 0 aromatic heterocycles. The molecule has 1 N–H and O–H groups in total. The topological polar surface area (TPSA) is 46.2 Å². The van der Waals surface area contributed by atoms with Crippen LogP contribution in [0.3, 0.4) is 0 Å². The molecule has 0 saturated heterocycles. The Kier molecular flexibility index (Phi) is 4.34. The molecule has 5 heteroatoms. The third-order valence-corrected chi connectivity index (χ3v) is 2.44. The van der Waals surface area contributed by atoms with Crippen molar-refractivity contribution in [1.82, 2.24) is 5.32 Å². The molecule has 74 valence electrons. The first-order valence-electron chi connectivity index (χ1n) is 3.79. The van der Waals surface area contributed by atoms with Gasteiger partial charge in [-0.05, 0) is 46.9 Å². The number of hydrogen-bond acceptors (Lipinski definition) is 2. The van der Waals surface area contributed by atoms with Gasteiger partial charge in [0.15, 0.2) is 0 Å². The van der Waals surface area contributed by atoms with Gasteiger partial charge in [-0.1, -0.05) is 0 Å². The van der Waals surface area contributed by atoms with E-state index < -0.39 is 11.8 Å². The van der Waals surface area contributed by atoms with E-state index in [0.717, 1.165) is 3.57 Å². The minimum atomic E-state index is -0.491. The number of benzene rings is 1. The summed E-state index contributed by atoms with van der Waals surface area (Å²) in [4.78, 5) is 22.1. The van der Waals surface area contributed by atoms with E-state index in [1.807, 2.05) is 0 Å². The maximum atomic E-state index is 11.3. The molecule has 0 fully saturated rings. The first kappa shape index (κ1) is 11.5. The van der Waals surface area contributed by atoms with Crippen LogP contribution in [0.4, 0.5) is 0 Å². The summed E-state index contributed by atoms with van der Waals surface area (Å²) >= 11 is 7.38. The predicted octanol–water partition coefficient (Wildman–Crippen LogP) is 1.79. The highest BCUT2D eigenvalue weighted by molar-refractivity contribution is 14.1. The van der Waals surface area contributed by atoms with Crippen molar-refractivity contribution in [1.29, 1.82) is 0 Å². The minimum Gasteiger partial charge on any atom is -0.291 e. The number of nitrogens with one attached hydrogen (secondary N) is 1. The van der Waals surface area contributed by atoms with Crippen LogP contribution >= 0.6 is 34.2 Å². The van der Waals surface area contributed by atoms with Crippen molar-refractivity contribution in [2.24, 2.45) is 0 Å². The van der Waals surface area contributed by atoms with Crippen LogP contribution in [0.25, 0.3) is 0 Å². The Morgan fingerprint density at radius 3 is 2.36 bits per heavy atom. The van der Waals surface area contributed by atoms with E-state index in [0.29, 0.717) is 5.56 Å². The molecule has 0 aliphatic carbocycles. The van der Waals surface area contributed by atoms with Crippen LogP contribution in [-0.2, 0) is 4.79 Å². The largest absolute Gasteiger partial charge is 0.291 e. The van der Waals surface area contributed by atoms with Crippen LogP contribution in [0.1, 0.15) is 10.4 Å². The summed E-state index contributed by atoms with van der Waals surface area (Å²) in [7, 11) is 0. The molecule has 1 aromatic rings. The van der Waals surface area contributed by atoms with Crippen molar-refractivity contribution >= 4 is 46.0 Å². The highest BCUT2D eigenvalue weighted by Crippen LogP contribution is 2.06. The van der Waals surface area contributed by atoms with E-state index in [4.69, 9.17) is 11.6 Å². The summed E-state index contributed by atoms with van der Waals surface area (Å²) in [6, 6.07) is 6.89. The first-order chi connectivity index (χ1) is 6.63. The molecule has 0 saturated carbocycles. The SMILES string of the molecule is O=C(CCl)NC(=O)c1ccc(I)cc1. The molecular formula is C9H7ClINO2. The van der Waals surface area contributed by atoms with Gasteiger partial charge < -0.3 is 0 Å². The van der Waals surface area contributed by atoms with Crippen molar-refractivity contribution in [3.8, 4) is 0 Å². The van der Waals surface area contributed by atoms with Gasteiger partial charge >= 0.3 is 0 Å². The van der Waals surface area contributed by atoms with Gasteiger partial charge in [-0.2, -0.15) is 0 Å². The third-order valence-electron chi connectivity index (χ3n) is 1.48. The van der Waals surface area contributed by atoms with Crippen LogP contribution < -0.4 is 5.32 Å². The Labute approximate surface area is 100.0 Å². The van der Waals surface area contributed by atoms with Gasteiger partial charge in [0, 0.05) is 9.13 Å². The van der Waals surface area contributed by atoms with Crippen LogP contribution in [0.15, 0.2) is 24.3 Å². The third kappa shape index (κ3) is 3.26. The molecule has 0 unspecified atom stereocenters. The fraction of sp³-hybridized carbons (Fsp3) is 0.111. The lowest BCUT2D eigenvalue weighted by atomic mass is 10.2. The Bertz CT molecular complexity index is 350. The summed E-state index contributed by atoms with van der Waals surface area (Å²) in [5, 5.41) is 2.15. The number of alkyl halides is 1. The summed E-state index contributed by atoms with van der Waals surface area (Å²) in [6.07, 6.45) is 0. The zero-order valence-electron chi connectivity index (χ0n) is 7.09. The van der Waals surface area contributed by atoms with Crippen molar-refractivity contribution in [2.45, 2.75) is 0 Å². The van der Waals surface area contributed by atoms with Crippen molar-refractivity contribution in [3.05, 3.63) is 33.4 Å². The molecule has 0 spiro atoms. The molecule has 3 nitrogen and oxygen atoms in total. The maximum absolute atomic E-state index is 11.3. The molecule has 0 aliphatic heterocycles. The Morgan fingerprint density at radius 2 is 1.86 bits per heavy atom. The number of halogens is 2. The number of amides is 2. The van der Waals surface area contributed by atoms with E-state index in [1.165, 1.54) is 0 Å². The highest BCUT2D eigenvalue weighted by atomic mass is 127. The average Bonchev–Trinajstić information content (AvgIpc) is 2.18. The molecule has 0 bridgehead atoms. The highest BCUT2D eigenvalue weighted by Gasteiger charge is 2.08. The average molecular weight is 324 g/mol. The lowest BCUT2D eigenvalue weighted by Crippen LogP contribution is -2.31. The predicted molar refractivity (Wildman–Crippen MR) is 62.4 cm³/mol. The Hall–Kier alpha value is -0.620.